The number of urea groups is 1. The number of hydrazine groups is 1. The SMILES string of the molecule is CNC(=O)c1cc(Oc2cccc(NNC(=O)Nc3cc(C(F)(F)F)ccc3-n3cccn3)c2C)ccn1. The van der Waals surface area contributed by atoms with Crippen LogP contribution in [0.15, 0.2) is 73.2 Å². The molecule has 0 bridgehead atoms. The van der Waals surface area contributed by atoms with Gasteiger partial charge in [-0.25, -0.2) is 9.48 Å². The average molecular weight is 525 g/mol. The minimum Gasteiger partial charge on any atom is -0.457 e. The van der Waals surface area contributed by atoms with Crippen LogP contribution in [-0.4, -0.2) is 33.8 Å². The molecule has 0 fully saturated rings. The number of aromatic nitrogens is 3. The summed E-state index contributed by atoms with van der Waals surface area (Å²) in [5, 5.41) is 8.94. The van der Waals surface area contributed by atoms with E-state index in [0.717, 1.165) is 12.1 Å². The third-order valence-corrected chi connectivity index (χ3v) is 5.34. The van der Waals surface area contributed by atoms with Crippen molar-refractivity contribution < 1.29 is 27.5 Å². The van der Waals surface area contributed by atoms with Gasteiger partial charge in [0.1, 0.15) is 17.2 Å². The third-order valence-electron chi connectivity index (χ3n) is 5.34. The Balaban J connectivity index is 1.48. The molecular formula is C25H22F3N7O3. The lowest BCUT2D eigenvalue weighted by molar-refractivity contribution is -0.137. The molecule has 0 unspecified atom stereocenters. The zero-order valence-electron chi connectivity index (χ0n) is 20.1. The molecule has 2 heterocycles. The van der Waals surface area contributed by atoms with Gasteiger partial charge < -0.3 is 15.4 Å². The zero-order valence-corrected chi connectivity index (χ0v) is 20.1. The maximum Gasteiger partial charge on any atom is 0.416 e. The summed E-state index contributed by atoms with van der Waals surface area (Å²) in [5.74, 6) is 0.444. The Morgan fingerprint density at radius 2 is 1.82 bits per heavy atom. The minimum absolute atomic E-state index is 0.0961. The number of nitrogens with one attached hydrogen (secondary N) is 4. The number of carbonyl (C=O) groups excluding carboxylic acids is 2. The highest BCUT2D eigenvalue weighted by Crippen LogP contribution is 2.33. The smallest absolute Gasteiger partial charge is 0.416 e. The predicted molar refractivity (Wildman–Crippen MR) is 133 cm³/mol. The fraction of sp³-hybridized carbons (Fsp3) is 0.120. The summed E-state index contributed by atoms with van der Waals surface area (Å²) in [6.07, 6.45) is -0.152. The van der Waals surface area contributed by atoms with Crippen molar-refractivity contribution in [2.45, 2.75) is 13.1 Å². The summed E-state index contributed by atoms with van der Waals surface area (Å²) in [5.41, 5.74) is 5.64. The molecular weight excluding hydrogens is 503 g/mol. The van der Waals surface area contributed by atoms with Gasteiger partial charge in [-0.05, 0) is 49.4 Å². The Hall–Kier alpha value is -5.07. The van der Waals surface area contributed by atoms with Gasteiger partial charge in [-0.1, -0.05) is 6.07 Å². The Kier molecular flexibility index (Phi) is 7.46. The lowest BCUT2D eigenvalue weighted by atomic mass is 10.1. The summed E-state index contributed by atoms with van der Waals surface area (Å²) in [4.78, 5) is 28.4. The van der Waals surface area contributed by atoms with Gasteiger partial charge in [0.2, 0.25) is 0 Å². The Morgan fingerprint density at radius 3 is 2.53 bits per heavy atom. The van der Waals surface area contributed by atoms with Crippen molar-refractivity contribution in [3.8, 4) is 17.2 Å². The molecule has 38 heavy (non-hydrogen) atoms. The first-order valence-corrected chi connectivity index (χ1v) is 11.2. The summed E-state index contributed by atoms with van der Waals surface area (Å²) >= 11 is 0. The van der Waals surface area contributed by atoms with Crippen molar-refractivity contribution >= 4 is 23.3 Å². The number of hydrogen-bond acceptors (Lipinski definition) is 6. The molecule has 0 radical (unpaired) electrons. The number of amides is 3. The molecule has 0 atom stereocenters. The molecule has 0 saturated heterocycles. The van der Waals surface area contributed by atoms with Gasteiger partial charge in [0.15, 0.2) is 0 Å². The standard InChI is InChI=1S/C25H22F3N7O3/c1-15-18(5-3-6-22(15)38-17-9-11-30-20(14-17)23(36)29-2)33-34-24(37)32-19-13-16(25(26,27)28)7-8-21(19)35-12-4-10-31-35/h3-14,33H,1-2H3,(H,29,36)(H2,32,34,37). The monoisotopic (exact) mass is 525 g/mol. The van der Waals surface area contributed by atoms with E-state index >= 15 is 0 Å². The van der Waals surface area contributed by atoms with E-state index in [2.05, 4.69) is 31.6 Å². The highest BCUT2D eigenvalue weighted by molar-refractivity contribution is 5.93. The number of hydrogen-bond donors (Lipinski definition) is 4. The van der Waals surface area contributed by atoms with E-state index in [0.29, 0.717) is 22.7 Å². The normalized spacial score (nSPS) is 11.0. The van der Waals surface area contributed by atoms with Crippen LogP contribution in [0, 0.1) is 6.92 Å². The molecule has 0 aliphatic rings. The Bertz CT molecular complexity index is 1460. The van der Waals surface area contributed by atoms with Crippen LogP contribution in [0.25, 0.3) is 5.69 Å². The molecule has 2 aromatic carbocycles. The van der Waals surface area contributed by atoms with Gasteiger partial charge in [0.25, 0.3) is 5.91 Å². The first-order valence-electron chi connectivity index (χ1n) is 11.2. The zero-order chi connectivity index (χ0) is 27.3. The Labute approximate surface area is 214 Å². The molecule has 0 aliphatic carbocycles. The largest absolute Gasteiger partial charge is 0.457 e. The van der Waals surface area contributed by atoms with Crippen LogP contribution in [-0.2, 0) is 6.18 Å². The van der Waals surface area contributed by atoms with E-state index in [9.17, 15) is 22.8 Å². The molecule has 0 spiro atoms. The quantitative estimate of drug-likeness (QED) is 0.255. The van der Waals surface area contributed by atoms with Crippen molar-refractivity contribution in [3.63, 3.8) is 0 Å². The highest BCUT2D eigenvalue weighted by atomic mass is 19.4. The van der Waals surface area contributed by atoms with Gasteiger partial charge in [-0.3, -0.25) is 20.6 Å². The number of anilines is 2. The van der Waals surface area contributed by atoms with Crippen LogP contribution in [0.3, 0.4) is 0 Å². The van der Waals surface area contributed by atoms with E-state index in [1.165, 1.54) is 36.3 Å². The summed E-state index contributed by atoms with van der Waals surface area (Å²) in [7, 11) is 1.49. The number of ether oxygens (including phenoxy) is 1. The van der Waals surface area contributed by atoms with Gasteiger partial charge in [-0.2, -0.15) is 18.3 Å². The van der Waals surface area contributed by atoms with Gasteiger partial charge >= 0.3 is 12.2 Å². The number of nitrogens with zero attached hydrogens (tertiary/aromatic N) is 3. The number of alkyl halides is 3. The number of halogens is 3. The Morgan fingerprint density at radius 1 is 1.00 bits per heavy atom. The maximum atomic E-state index is 13.3. The average Bonchev–Trinajstić information content (AvgIpc) is 3.43. The van der Waals surface area contributed by atoms with Crippen molar-refractivity contribution in [2.75, 3.05) is 17.8 Å². The first kappa shape index (κ1) is 26.0. The minimum atomic E-state index is -4.60. The molecule has 0 saturated carbocycles. The van der Waals surface area contributed by atoms with Crippen molar-refractivity contribution in [1.29, 1.82) is 0 Å². The second kappa shape index (κ2) is 10.9. The van der Waals surface area contributed by atoms with Crippen LogP contribution in [0.1, 0.15) is 21.6 Å². The second-order valence-corrected chi connectivity index (χ2v) is 7.87. The fourth-order valence-electron chi connectivity index (χ4n) is 3.42. The predicted octanol–water partition coefficient (Wildman–Crippen LogP) is 4.90. The summed E-state index contributed by atoms with van der Waals surface area (Å²) < 4.78 is 47.0. The van der Waals surface area contributed by atoms with Crippen LogP contribution in [0.5, 0.6) is 11.5 Å². The topological polar surface area (TPSA) is 122 Å². The summed E-state index contributed by atoms with van der Waals surface area (Å²) in [6, 6.07) is 11.9. The molecule has 3 amide bonds. The van der Waals surface area contributed by atoms with E-state index in [4.69, 9.17) is 4.74 Å². The molecule has 2 aromatic heterocycles. The van der Waals surface area contributed by atoms with Crippen LogP contribution in [0.4, 0.5) is 29.3 Å². The van der Waals surface area contributed by atoms with E-state index in [1.807, 2.05) is 0 Å². The molecule has 10 nitrogen and oxygen atoms in total. The van der Waals surface area contributed by atoms with Gasteiger partial charge in [-0.15, -0.1) is 0 Å². The number of pyridine rings is 1. The number of carbonyl (C=O) groups is 2. The number of rotatable bonds is 7. The van der Waals surface area contributed by atoms with Crippen LogP contribution in [0.2, 0.25) is 0 Å². The fourth-order valence-corrected chi connectivity index (χ4v) is 3.42. The van der Waals surface area contributed by atoms with Gasteiger partial charge in [0, 0.05) is 37.3 Å². The molecule has 0 aliphatic heterocycles. The first-order chi connectivity index (χ1) is 18.2. The van der Waals surface area contributed by atoms with Gasteiger partial charge in [0.05, 0.1) is 22.6 Å². The molecule has 4 aromatic rings. The third kappa shape index (κ3) is 6.00. The van der Waals surface area contributed by atoms with Crippen LogP contribution >= 0.6 is 0 Å². The lowest BCUT2D eigenvalue weighted by Gasteiger charge is -2.17. The van der Waals surface area contributed by atoms with Crippen molar-refractivity contribution in [3.05, 3.63) is 90.0 Å². The van der Waals surface area contributed by atoms with Crippen LogP contribution < -0.4 is 26.2 Å². The molecule has 4 rings (SSSR count). The lowest BCUT2D eigenvalue weighted by Crippen LogP contribution is -2.34. The molecule has 196 valence electrons. The van der Waals surface area contributed by atoms with Crippen molar-refractivity contribution in [2.24, 2.45) is 0 Å². The number of benzene rings is 2. The molecule has 4 N–H and O–H groups in total. The maximum absolute atomic E-state index is 13.3. The highest BCUT2D eigenvalue weighted by Gasteiger charge is 2.31. The second-order valence-electron chi connectivity index (χ2n) is 7.87. The van der Waals surface area contributed by atoms with E-state index in [-0.39, 0.29) is 23.0 Å². The summed E-state index contributed by atoms with van der Waals surface area (Å²) in [6.45, 7) is 1.74. The van der Waals surface area contributed by atoms with E-state index in [1.54, 1.807) is 43.5 Å². The van der Waals surface area contributed by atoms with Crippen molar-refractivity contribution in [1.82, 2.24) is 25.5 Å². The van der Waals surface area contributed by atoms with E-state index < -0.39 is 17.8 Å². The molecule has 13 heteroatoms.